The van der Waals surface area contributed by atoms with Gasteiger partial charge in [0, 0.05) is 25.7 Å². The summed E-state index contributed by atoms with van der Waals surface area (Å²) in [6, 6.07) is 0.0308. The molecule has 1 aliphatic heterocycles. The lowest BCUT2D eigenvalue weighted by atomic mass is 9.96. The van der Waals surface area contributed by atoms with E-state index in [1.54, 1.807) is 4.90 Å². The maximum absolute atomic E-state index is 12.5. The lowest BCUT2D eigenvalue weighted by Gasteiger charge is -2.37. The molecule has 19 heavy (non-hydrogen) atoms. The van der Waals surface area contributed by atoms with E-state index in [1.807, 2.05) is 18.7 Å². The van der Waals surface area contributed by atoms with Crippen LogP contribution in [0.25, 0.3) is 0 Å². The molecule has 1 unspecified atom stereocenters. The smallest absolute Gasteiger partial charge is 0.320 e. The SMILES string of the molecule is CCC1CCCN(C(=O)N(CCC(=O)O)C(C)C)C1. The maximum atomic E-state index is 12.5. The van der Waals surface area contributed by atoms with E-state index in [-0.39, 0.29) is 18.5 Å². The molecular formula is C14H26N2O3. The number of piperidine rings is 1. The number of carbonyl (C=O) groups is 2. The lowest BCUT2D eigenvalue weighted by Crippen LogP contribution is -2.50. The quantitative estimate of drug-likeness (QED) is 0.834. The molecule has 2 amide bonds. The molecule has 1 N–H and O–H groups in total. The second-order valence-electron chi connectivity index (χ2n) is 5.58. The first kappa shape index (κ1) is 15.8. The van der Waals surface area contributed by atoms with Crippen LogP contribution >= 0.6 is 0 Å². The third-order valence-electron chi connectivity index (χ3n) is 3.80. The summed E-state index contributed by atoms with van der Waals surface area (Å²) in [5, 5.41) is 8.76. The summed E-state index contributed by atoms with van der Waals surface area (Å²) >= 11 is 0. The minimum atomic E-state index is -0.858. The molecule has 1 fully saturated rings. The number of hydrogen-bond donors (Lipinski definition) is 1. The first-order valence-electron chi connectivity index (χ1n) is 7.23. The van der Waals surface area contributed by atoms with Gasteiger partial charge in [-0.3, -0.25) is 4.79 Å². The van der Waals surface area contributed by atoms with Gasteiger partial charge in [-0.05, 0) is 32.6 Å². The van der Waals surface area contributed by atoms with Crippen molar-refractivity contribution in [3.05, 3.63) is 0 Å². The summed E-state index contributed by atoms with van der Waals surface area (Å²) in [5.41, 5.74) is 0. The summed E-state index contributed by atoms with van der Waals surface area (Å²) in [5.74, 6) is -0.269. The van der Waals surface area contributed by atoms with Crippen molar-refractivity contribution in [2.24, 2.45) is 5.92 Å². The van der Waals surface area contributed by atoms with Gasteiger partial charge in [0.15, 0.2) is 0 Å². The monoisotopic (exact) mass is 270 g/mol. The van der Waals surface area contributed by atoms with Crippen LogP contribution in [0, 0.1) is 5.92 Å². The minimum absolute atomic E-state index is 0.00519. The molecule has 0 aliphatic carbocycles. The van der Waals surface area contributed by atoms with Crippen molar-refractivity contribution in [2.45, 2.75) is 52.5 Å². The van der Waals surface area contributed by atoms with Crippen LogP contribution in [0.3, 0.4) is 0 Å². The zero-order chi connectivity index (χ0) is 14.4. The number of aliphatic carboxylic acids is 1. The molecular weight excluding hydrogens is 244 g/mol. The molecule has 0 saturated carbocycles. The Morgan fingerprint density at radius 3 is 2.63 bits per heavy atom. The molecule has 0 radical (unpaired) electrons. The van der Waals surface area contributed by atoms with Crippen molar-refractivity contribution in [2.75, 3.05) is 19.6 Å². The Bertz CT molecular complexity index is 318. The average Bonchev–Trinajstić information content (AvgIpc) is 2.38. The predicted molar refractivity (Wildman–Crippen MR) is 74.1 cm³/mol. The predicted octanol–water partition coefficient (Wildman–Crippen LogP) is 2.41. The van der Waals surface area contributed by atoms with Gasteiger partial charge in [0.05, 0.1) is 6.42 Å². The van der Waals surface area contributed by atoms with Gasteiger partial charge < -0.3 is 14.9 Å². The number of rotatable bonds is 5. The van der Waals surface area contributed by atoms with Gasteiger partial charge in [0.25, 0.3) is 0 Å². The van der Waals surface area contributed by atoms with Gasteiger partial charge in [-0.1, -0.05) is 13.3 Å². The highest BCUT2D eigenvalue weighted by molar-refractivity contribution is 5.76. The summed E-state index contributed by atoms with van der Waals surface area (Å²) in [4.78, 5) is 26.7. The molecule has 1 aliphatic rings. The minimum Gasteiger partial charge on any atom is -0.481 e. The molecule has 0 bridgehead atoms. The number of amides is 2. The number of hydrogen-bond acceptors (Lipinski definition) is 2. The van der Waals surface area contributed by atoms with Crippen LogP contribution in [0.5, 0.6) is 0 Å². The molecule has 5 heteroatoms. The van der Waals surface area contributed by atoms with Crippen molar-refractivity contribution in [3.8, 4) is 0 Å². The van der Waals surface area contributed by atoms with Crippen LogP contribution in [0.1, 0.15) is 46.5 Å². The van der Waals surface area contributed by atoms with Gasteiger partial charge in [0.2, 0.25) is 0 Å². The second-order valence-corrected chi connectivity index (χ2v) is 5.58. The zero-order valence-corrected chi connectivity index (χ0v) is 12.3. The molecule has 0 aromatic carbocycles. The van der Waals surface area contributed by atoms with Crippen molar-refractivity contribution in [3.63, 3.8) is 0 Å². The van der Waals surface area contributed by atoms with Crippen molar-refractivity contribution >= 4 is 12.0 Å². The average molecular weight is 270 g/mol. The van der Waals surface area contributed by atoms with Gasteiger partial charge in [0.1, 0.15) is 0 Å². The van der Waals surface area contributed by atoms with E-state index < -0.39 is 5.97 Å². The number of nitrogens with zero attached hydrogens (tertiary/aromatic N) is 2. The number of likely N-dealkylation sites (tertiary alicyclic amines) is 1. The van der Waals surface area contributed by atoms with E-state index in [0.717, 1.165) is 25.9 Å². The first-order valence-corrected chi connectivity index (χ1v) is 7.23. The fraction of sp³-hybridized carbons (Fsp3) is 0.857. The van der Waals surface area contributed by atoms with Crippen LogP contribution in [-0.2, 0) is 4.79 Å². The first-order chi connectivity index (χ1) is 8.95. The molecule has 5 nitrogen and oxygen atoms in total. The van der Waals surface area contributed by atoms with Gasteiger partial charge >= 0.3 is 12.0 Å². The van der Waals surface area contributed by atoms with E-state index in [2.05, 4.69) is 6.92 Å². The summed E-state index contributed by atoms with van der Waals surface area (Å²) in [7, 11) is 0. The summed E-state index contributed by atoms with van der Waals surface area (Å²) < 4.78 is 0. The Morgan fingerprint density at radius 1 is 1.42 bits per heavy atom. The third kappa shape index (κ3) is 4.73. The number of urea groups is 1. The lowest BCUT2D eigenvalue weighted by molar-refractivity contribution is -0.137. The summed E-state index contributed by atoms with van der Waals surface area (Å²) in [6.45, 7) is 7.92. The fourth-order valence-corrected chi connectivity index (χ4v) is 2.54. The number of carbonyl (C=O) groups excluding carboxylic acids is 1. The molecule has 1 heterocycles. The van der Waals surface area contributed by atoms with Crippen molar-refractivity contribution in [1.29, 1.82) is 0 Å². The topological polar surface area (TPSA) is 60.9 Å². The van der Waals surface area contributed by atoms with Crippen LogP contribution in [0.4, 0.5) is 4.79 Å². The molecule has 0 aromatic rings. The Kier molecular flexibility index (Phi) is 6.12. The van der Waals surface area contributed by atoms with Crippen LogP contribution in [0.2, 0.25) is 0 Å². The highest BCUT2D eigenvalue weighted by Crippen LogP contribution is 2.20. The number of carboxylic acids is 1. The molecule has 0 spiro atoms. The fourth-order valence-electron chi connectivity index (χ4n) is 2.54. The van der Waals surface area contributed by atoms with E-state index in [4.69, 9.17) is 5.11 Å². The molecule has 1 atom stereocenters. The molecule has 1 saturated heterocycles. The summed E-state index contributed by atoms with van der Waals surface area (Å²) in [6.07, 6.45) is 3.35. The normalized spacial score (nSPS) is 19.6. The van der Waals surface area contributed by atoms with Crippen molar-refractivity contribution < 1.29 is 14.7 Å². The highest BCUT2D eigenvalue weighted by Gasteiger charge is 2.27. The van der Waals surface area contributed by atoms with Crippen LogP contribution < -0.4 is 0 Å². The zero-order valence-electron chi connectivity index (χ0n) is 12.3. The van der Waals surface area contributed by atoms with E-state index in [0.29, 0.717) is 12.5 Å². The number of carboxylic acid groups (broad SMARTS) is 1. The van der Waals surface area contributed by atoms with E-state index >= 15 is 0 Å². The molecule has 1 rings (SSSR count). The third-order valence-corrected chi connectivity index (χ3v) is 3.80. The van der Waals surface area contributed by atoms with Gasteiger partial charge in [-0.25, -0.2) is 4.79 Å². The second kappa shape index (κ2) is 7.36. The molecule has 110 valence electrons. The van der Waals surface area contributed by atoms with E-state index in [9.17, 15) is 9.59 Å². The van der Waals surface area contributed by atoms with Crippen LogP contribution in [0.15, 0.2) is 0 Å². The Balaban J connectivity index is 2.62. The van der Waals surface area contributed by atoms with Gasteiger partial charge in [-0.2, -0.15) is 0 Å². The van der Waals surface area contributed by atoms with Gasteiger partial charge in [-0.15, -0.1) is 0 Å². The van der Waals surface area contributed by atoms with Crippen molar-refractivity contribution in [1.82, 2.24) is 9.80 Å². The van der Waals surface area contributed by atoms with E-state index in [1.165, 1.54) is 6.42 Å². The maximum Gasteiger partial charge on any atom is 0.320 e. The largest absolute Gasteiger partial charge is 0.481 e. The molecule has 0 aromatic heterocycles. The standard InChI is InChI=1S/C14H26N2O3/c1-4-12-6-5-8-15(10-12)14(19)16(11(2)3)9-7-13(17)18/h11-12H,4-10H2,1-3H3,(H,17,18). The van der Waals surface area contributed by atoms with Crippen LogP contribution in [-0.4, -0.2) is 52.6 Å². The Morgan fingerprint density at radius 2 is 2.11 bits per heavy atom. The Hall–Kier alpha value is -1.26. The Labute approximate surface area is 115 Å². The highest BCUT2D eigenvalue weighted by atomic mass is 16.4.